The van der Waals surface area contributed by atoms with Gasteiger partial charge in [-0.1, -0.05) is 6.07 Å². The zero-order chi connectivity index (χ0) is 19.7. The van der Waals surface area contributed by atoms with Crippen molar-refractivity contribution in [2.24, 2.45) is 5.10 Å². The van der Waals surface area contributed by atoms with Gasteiger partial charge in [0.1, 0.15) is 5.71 Å². The van der Waals surface area contributed by atoms with Crippen LogP contribution in [0.1, 0.15) is 12.5 Å². The van der Waals surface area contributed by atoms with E-state index in [1.165, 1.54) is 20.0 Å². The molecule has 1 atom stereocenters. The van der Waals surface area contributed by atoms with Crippen LogP contribution in [0.15, 0.2) is 28.2 Å². The lowest BCUT2D eigenvalue weighted by Crippen LogP contribution is -2.53. The Morgan fingerprint density at radius 1 is 1.42 bits per heavy atom. The number of hydrogen-bond donors (Lipinski definition) is 2. The number of rotatable bonds is 7. The first kappa shape index (κ1) is 20.3. The monoisotopic (exact) mass is 384 g/mol. The second kappa shape index (κ2) is 7.31. The number of carbonyl (C=O) groups is 1. The molecular formula is C16H24N4O5S. The highest BCUT2D eigenvalue weighted by molar-refractivity contribution is 7.90. The third-order valence-corrected chi connectivity index (χ3v) is 5.49. The van der Waals surface area contributed by atoms with Crippen molar-refractivity contribution in [1.29, 1.82) is 0 Å². The van der Waals surface area contributed by atoms with Gasteiger partial charge in [0.25, 0.3) is 5.91 Å². The molecule has 1 aromatic rings. The molecule has 1 aromatic carbocycles. The van der Waals surface area contributed by atoms with Crippen LogP contribution >= 0.6 is 0 Å². The maximum atomic E-state index is 12.3. The van der Waals surface area contributed by atoms with Crippen molar-refractivity contribution in [2.75, 3.05) is 45.5 Å². The van der Waals surface area contributed by atoms with E-state index in [1.807, 2.05) is 5.48 Å². The van der Waals surface area contributed by atoms with Crippen molar-refractivity contribution >= 4 is 27.1 Å². The number of nitrogens with one attached hydrogen (secondary N) is 1. The highest BCUT2D eigenvalue weighted by atomic mass is 32.2. The van der Waals surface area contributed by atoms with E-state index in [1.54, 1.807) is 31.2 Å². The Balaban J connectivity index is 2.59. The lowest BCUT2D eigenvalue weighted by atomic mass is 9.91. The van der Waals surface area contributed by atoms with E-state index < -0.39 is 21.3 Å². The minimum absolute atomic E-state index is 0.164. The average molecular weight is 384 g/mol. The van der Waals surface area contributed by atoms with Gasteiger partial charge in [0.05, 0.1) is 17.2 Å². The van der Waals surface area contributed by atoms with E-state index in [0.29, 0.717) is 30.1 Å². The van der Waals surface area contributed by atoms with E-state index in [9.17, 15) is 18.4 Å². The predicted octanol–water partition coefficient (Wildman–Crippen LogP) is 0.0863. The molecule has 10 heteroatoms. The standard InChI is InChI=1S/C16H24N4O5S/c1-16(18-22)14(17-20(3)15(16)21)11-6-7-13(26(5,23)24)12(10-11)19(2)8-9-25-4/h6-7,10,18,22H,8-9H2,1-5H3. The van der Waals surface area contributed by atoms with E-state index >= 15 is 0 Å². The van der Waals surface area contributed by atoms with Gasteiger partial charge in [-0.3, -0.25) is 4.79 Å². The predicted molar refractivity (Wildman–Crippen MR) is 97.3 cm³/mol. The van der Waals surface area contributed by atoms with Gasteiger partial charge in [-0.05, 0) is 19.1 Å². The maximum Gasteiger partial charge on any atom is 0.270 e. The SMILES string of the molecule is COCCN(C)c1cc(C2=NN(C)C(=O)C2(C)NO)ccc1S(C)(=O)=O. The van der Waals surface area contributed by atoms with E-state index in [2.05, 4.69) is 5.10 Å². The van der Waals surface area contributed by atoms with E-state index in [-0.39, 0.29) is 4.90 Å². The number of nitrogens with zero attached hydrogens (tertiary/aromatic N) is 3. The van der Waals surface area contributed by atoms with Crippen molar-refractivity contribution in [2.45, 2.75) is 17.4 Å². The Labute approximate surface area is 153 Å². The zero-order valence-electron chi connectivity index (χ0n) is 15.5. The van der Waals surface area contributed by atoms with Gasteiger partial charge in [0, 0.05) is 39.6 Å². The van der Waals surface area contributed by atoms with Crippen molar-refractivity contribution in [3.8, 4) is 0 Å². The molecule has 2 N–H and O–H groups in total. The molecule has 1 heterocycles. The van der Waals surface area contributed by atoms with Crippen molar-refractivity contribution in [3.05, 3.63) is 23.8 Å². The van der Waals surface area contributed by atoms with E-state index in [0.717, 1.165) is 11.3 Å². The number of anilines is 1. The summed E-state index contributed by atoms with van der Waals surface area (Å²) in [5.74, 6) is -0.420. The summed E-state index contributed by atoms with van der Waals surface area (Å²) in [6.45, 7) is 2.40. The summed E-state index contributed by atoms with van der Waals surface area (Å²) in [7, 11) is 1.34. The van der Waals surface area contributed by atoms with Crippen LogP contribution in [0.4, 0.5) is 5.69 Å². The number of hydrogen-bond acceptors (Lipinski definition) is 8. The normalized spacial score (nSPS) is 20.5. The summed E-state index contributed by atoms with van der Waals surface area (Å²) in [5.41, 5.74) is 1.90. The molecular weight excluding hydrogens is 360 g/mol. The molecule has 0 spiro atoms. The third-order valence-electron chi connectivity index (χ3n) is 4.34. The summed E-state index contributed by atoms with van der Waals surface area (Å²) in [4.78, 5) is 14.2. The molecule has 2 rings (SSSR count). The van der Waals surface area contributed by atoms with Gasteiger partial charge in [-0.25, -0.2) is 13.4 Å². The zero-order valence-corrected chi connectivity index (χ0v) is 16.3. The largest absolute Gasteiger partial charge is 0.383 e. The molecule has 0 aliphatic carbocycles. The molecule has 1 amide bonds. The summed E-state index contributed by atoms with van der Waals surface area (Å²) < 4.78 is 29.4. The van der Waals surface area contributed by atoms with Gasteiger partial charge < -0.3 is 14.8 Å². The number of hydrazone groups is 1. The number of amides is 1. The second-order valence-electron chi connectivity index (χ2n) is 6.38. The molecule has 144 valence electrons. The van der Waals surface area contributed by atoms with Gasteiger partial charge in [0.15, 0.2) is 15.4 Å². The molecule has 9 nitrogen and oxygen atoms in total. The Bertz CT molecular complexity index is 839. The van der Waals surface area contributed by atoms with Crippen LogP contribution in [0.25, 0.3) is 0 Å². The fourth-order valence-corrected chi connectivity index (χ4v) is 3.70. The molecule has 0 radical (unpaired) electrons. The van der Waals surface area contributed by atoms with Gasteiger partial charge in [-0.15, -0.1) is 0 Å². The van der Waals surface area contributed by atoms with Crippen LogP contribution in [0.3, 0.4) is 0 Å². The average Bonchev–Trinajstić information content (AvgIpc) is 2.83. The Kier molecular flexibility index (Phi) is 5.71. The molecule has 1 unspecified atom stereocenters. The molecule has 1 aliphatic heterocycles. The fraction of sp³-hybridized carbons (Fsp3) is 0.500. The van der Waals surface area contributed by atoms with Gasteiger partial charge >= 0.3 is 0 Å². The summed E-state index contributed by atoms with van der Waals surface area (Å²) in [5, 5.41) is 14.9. The Morgan fingerprint density at radius 2 is 2.08 bits per heavy atom. The summed E-state index contributed by atoms with van der Waals surface area (Å²) in [6, 6.07) is 4.70. The summed E-state index contributed by atoms with van der Waals surface area (Å²) >= 11 is 0. The van der Waals surface area contributed by atoms with Crippen LogP contribution in [-0.2, 0) is 19.4 Å². The van der Waals surface area contributed by atoms with Crippen LogP contribution < -0.4 is 10.4 Å². The maximum absolute atomic E-state index is 12.3. The molecule has 0 bridgehead atoms. The second-order valence-corrected chi connectivity index (χ2v) is 8.37. The molecule has 1 aliphatic rings. The van der Waals surface area contributed by atoms with Crippen LogP contribution in [0.2, 0.25) is 0 Å². The van der Waals surface area contributed by atoms with Crippen LogP contribution in [-0.4, -0.2) is 76.4 Å². The number of methoxy groups -OCH3 is 1. The lowest BCUT2D eigenvalue weighted by Gasteiger charge is -2.25. The summed E-state index contributed by atoms with van der Waals surface area (Å²) in [6.07, 6.45) is 1.14. The number of benzene rings is 1. The molecule has 0 fully saturated rings. The lowest BCUT2D eigenvalue weighted by molar-refractivity contribution is -0.134. The minimum Gasteiger partial charge on any atom is -0.383 e. The Morgan fingerprint density at radius 3 is 2.62 bits per heavy atom. The number of hydroxylamine groups is 1. The Hall–Kier alpha value is -2.01. The van der Waals surface area contributed by atoms with Crippen LogP contribution in [0, 0.1) is 0 Å². The number of ether oxygens (including phenoxy) is 1. The first-order valence-electron chi connectivity index (χ1n) is 7.89. The van der Waals surface area contributed by atoms with Gasteiger partial charge in [-0.2, -0.15) is 10.6 Å². The fourth-order valence-electron chi connectivity index (χ4n) is 2.79. The first-order chi connectivity index (χ1) is 12.1. The minimum atomic E-state index is -3.46. The van der Waals surface area contributed by atoms with Crippen LogP contribution in [0.5, 0.6) is 0 Å². The third kappa shape index (κ3) is 3.58. The highest BCUT2D eigenvalue weighted by Gasteiger charge is 2.46. The van der Waals surface area contributed by atoms with E-state index in [4.69, 9.17) is 4.74 Å². The van der Waals surface area contributed by atoms with Crippen molar-refractivity contribution in [1.82, 2.24) is 10.5 Å². The topological polar surface area (TPSA) is 112 Å². The van der Waals surface area contributed by atoms with Crippen molar-refractivity contribution in [3.63, 3.8) is 0 Å². The number of carbonyl (C=O) groups excluding carboxylic acids is 1. The quantitative estimate of drug-likeness (QED) is 0.641. The first-order valence-corrected chi connectivity index (χ1v) is 9.78. The number of likely N-dealkylation sites (N-methyl/N-ethyl adjacent to an activating group) is 2. The molecule has 0 saturated heterocycles. The highest BCUT2D eigenvalue weighted by Crippen LogP contribution is 2.30. The smallest absolute Gasteiger partial charge is 0.270 e. The molecule has 0 aromatic heterocycles. The molecule has 26 heavy (non-hydrogen) atoms. The number of sulfone groups is 1. The van der Waals surface area contributed by atoms with Crippen molar-refractivity contribution < 1.29 is 23.2 Å². The molecule has 0 saturated carbocycles. The van der Waals surface area contributed by atoms with Gasteiger partial charge in [0.2, 0.25) is 0 Å².